The van der Waals surface area contributed by atoms with Gasteiger partial charge in [0.1, 0.15) is 7.05 Å². The lowest BCUT2D eigenvalue weighted by Gasteiger charge is -2.25. The second-order valence-electron chi connectivity index (χ2n) is 4.98. The molecule has 2 heterocycles. The predicted octanol–water partition coefficient (Wildman–Crippen LogP) is 4.18. The van der Waals surface area contributed by atoms with Crippen LogP contribution in [0.25, 0.3) is 0 Å². The first-order valence-corrected chi connectivity index (χ1v) is 7.13. The van der Waals surface area contributed by atoms with Crippen molar-refractivity contribution in [1.29, 1.82) is 0 Å². The zero-order valence-corrected chi connectivity index (χ0v) is 12.3. The minimum atomic E-state index is -1.11. The molecule has 0 atom stereocenters. The number of hydrogen-bond donors (Lipinski definition) is 0. The van der Waals surface area contributed by atoms with Gasteiger partial charge >= 0.3 is 0 Å². The van der Waals surface area contributed by atoms with Crippen LogP contribution in [0, 0.1) is 0 Å². The second-order valence-corrected chi connectivity index (χ2v) is 6.30. The van der Waals surface area contributed by atoms with Crippen molar-refractivity contribution in [3.8, 4) is 0 Å². The monoisotopic (exact) mass is 301 g/mol. The van der Waals surface area contributed by atoms with Crippen LogP contribution >= 0.6 is 23.2 Å². The van der Waals surface area contributed by atoms with Crippen LogP contribution in [0.15, 0.2) is 53.5 Å². The summed E-state index contributed by atoms with van der Waals surface area (Å²) in [5.41, 5.74) is 5.59. The van der Waals surface area contributed by atoms with Gasteiger partial charge in [0.05, 0.1) is 16.8 Å². The molecule has 0 amide bonds. The summed E-state index contributed by atoms with van der Waals surface area (Å²) in [5, 5.41) is 0. The highest BCUT2D eigenvalue weighted by Gasteiger charge is 2.50. The van der Waals surface area contributed by atoms with Crippen LogP contribution in [-0.2, 0) is 4.33 Å². The first kappa shape index (κ1) is 12.1. The quantitative estimate of drug-likeness (QED) is 0.512. The first-order valence-electron chi connectivity index (χ1n) is 6.37. The number of benzene rings is 2. The third kappa shape index (κ3) is 1.41. The van der Waals surface area contributed by atoms with E-state index >= 15 is 0 Å². The van der Waals surface area contributed by atoms with E-state index < -0.39 is 4.33 Å². The van der Waals surface area contributed by atoms with Crippen LogP contribution in [0.4, 0.5) is 11.4 Å². The third-order valence-corrected chi connectivity index (χ3v) is 4.62. The van der Waals surface area contributed by atoms with E-state index in [1.165, 1.54) is 0 Å². The highest BCUT2D eigenvalue weighted by Crippen LogP contribution is 2.47. The Hall–Kier alpha value is -1.64. The Bertz CT molecular complexity index is 804. The first-order chi connectivity index (χ1) is 9.60. The molecule has 20 heavy (non-hydrogen) atoms. The van der Waals surface area contributed by atoms with E-state index in [-0.39, 0.29) is 0 Å². The molecule has 0 fully saturated rings. The van der Waals surface area contributed by atoms with Crippen molar-refractivity contribution in [1.82, 2.24) is 0 Å². The smallest absolute Gasteiger partial charge is 0.240 e. The van der Waals surface area contributed by atoms with Gasteiger partial charge in [0.2, 0.25) is 11.4 Å². The molecule has 2 aliphatic heterocycles. The van der Waals surface area contributed by atoms with Crippen LogP contribution in [-0.4, -0.2) is 23.0 Å². The normalized spacial score (nSPS) is 18.2. The zero-order valence-electron chi connectivity index (χ0n) is 10.8. The summed E-state index contributed by atoms with van der Waals surface area (Å²) in [4.78, 5) is 4.65. The van der Waals surface area contributed by atoms with Crippen molar-refractivity contribution in [3.05, 3.63) is 59.7 Å². The Balaban J connectivity index is 2.12. The van der Waals surface area contributed by atoms with Gasteiger partial charge in [0.25, 0.3) is 0 Å². The average Bonchev–Trinajstić information content (AvgIpc) is 2.86. The summed E-state index contributed by atoms with van der Waals surface area (Å²) in [6.45, 7) is 0. The minimum absolute atomic E-state index is 0.711. The van der Waals surface area contributed by atoms with E-state index in [0.29, 0.717) is 5.71 Å². The summed E-state index contributed by atoms with van der Waals surface area (Å²) in [6, 6.07) is 15.9. The number of alkyl halides is 2. The van der Waals surface area contributed by atoms with Gasteiger partial charge in [-0.3, -0.25) is 0 Å². The van der Waals surface area contributed by atoms with Crippen molar-refractivity contribution in [2.24, 2.45) is 4.99 Å². The fraction of sp³-hybridized carbons (Fsp3) is 0.125. The molecule has 0 aliphatic carbocycles. The average molecular weight is 302 g/mol. The van der Waals surface area contributed by atoms with Crippen LogP contribution in [0.1, 0.15) is 11.1 Å². The predicted molar refractivity (Wildman–Crippen MR) is 83.3 cm³/mol. The molecule has 2 aromatic carbocycles. The van der Waals surface area contributed by atoms with E-state index in [9.17, 15) is 0 Å². The van der Waals surface area contributed by atoms with Crippen molar-refractivity contribution in [2.75, 3.05) is 7.05 Å². The van der Waals surface area contributed by atoms with Gasteiger partial charge in [0, 0.05) is 6.07 Å². The molecule has 0 radical (unpaired) electrons. The molecule has 0 saturated heterocycles. The van der Waals surface area contributed by atoms with Crippen LogP contribution < -0.4 is 0 Å². The SMILES string of the molecule is C[N+]1=C2C(=Nc3ccccc32)C(Cl)(Cl)c2ccccc21. The molecular weight excluding hydrogens is 291 g/mol. The maximum atomic E-state index is 6.65. The Kier molecular flexibility index (Phi) is 2.39. The summed E-state index contributed by atoms with van der Waals surface area (Å²) in [6.07, 6.45) is 0. The number of hydrogen-bond acceptors (Lipinski definition) is 1. The molecule has 2 aliphatic rings. The molecule has 98 valence electrons. The Morgan fingerprint density at radius 1 is 1.00 bits per heavy atom. The molecule has 0 aromatic heterocycles. The summed E-state index contributed by atoms with van der Waals surface area (Å²) in [7, 11) is 2.02. The second kappa shape index (κ2) is 3.94. The van der Waals surface area contributed by atoms with E-state index in [1.807, 2.05) is 49.5 Å². The number of rotatable bonds is 0. The highest BCUT2D eigenvalue weighted by molar-refractivity contribution is 6.71. The topological polar surface area (TPSA) is 15.4 Å². The lowest BCUT2D eigenvalue weighted by atomic mass is 9.95. The number of aliphatic imine (C=N–C) groups is 1. The van der Waals surface area contributed by atoms with Crippen molar-refractivity contribution in [3.63, 3.8) is 0 Å². The van der Waals surface area contributed by atoms with Crippen molar-refractivity contribution >= 4 is 46.0 Å². The van der Waals surface area contributed by atoms with Gasteiger partial charge in [-0.2, -0.15) is 4.58 Å². The van der Waals surface area contributed by atoms with E-state index in [2.05, 4.69) is 15.6 Å². The molecule has 2 aromatic rings. The summed E-state index contributed by atoms with van der Waals surface area (Å²) in [5.74, 6) is 0. The fourth-order valence-electron chi connectivity index (χ4n) is 2.91. The minimum Gasteiger partial charge on any atom is -0.242 e. The number of nitrogens with zero attached hydrogens (tertiary/aromatic N) is 2. The lowest BCUT2D eigenvalue weighted by molar-refractivity contribution is -0.404. The third-order valence-electron chi connectivity index (χ3n) is 3.85. The standard InChI is InChI=1S/C16H11Cl2N2/c1-20-13-9-5-3-7-11(13)16(17,18)15-14(20)10-6-2-4-8-12(10)19-15/h2-9H,1H3/q+1. The van der Waals surface area contributed by atoms with Gasteiger partial charge in [0.15, 0.2) is 10.0 Å². The Labute approximate surface area is 127 Å². The van der Waals surface area contributed by atoms with Gasteiger partial charge in [-0.1, -0.05) is 47.5 Å². The van der Waals surface area contributed by atoms with Gasteiger partial charge < -0.3 is 0 Å². The van der Waals surface area contributed by atoms with E-state index in [4.69, 9.17) is 23.2 Å². The van der Waals surface area contributed by atoms with Crippen LogP contribution in [0.2, 0.25) is 0 Å². The maximum Gasteiger partial charge on any atom is 0.240 e. The molecule has 0 unspecified atom stereocenters. The van der Waals surface area contributed by atoms with Crippen LogP contribution in [0.5, 0.6) is 0 Å². The van der Waals surface area contributed by atoms with Crippen molar-refractivity contribution in [2.45, 2.75) is 4.33 Å². The zero-order chi connectivity index (χ0) is 13.9. The van der Waals surface area contributed by atoms with E-state index in [1.54, 1.807) is 0 Å². The molecular formula is C16H11Cl2N2+. The number of fused-ring (bicyclic) bond motifs is 4. The fourth-order valence-corrected chi connectivity index (χ4v) is 3.49. The summed E-state index contributed by atoms with van der Waals surface area (Å²) >= 11 is 13.3. The molecule has 4 rings (SSSR count). The van der Waals surface area contributed by atoms with Crippen molar-refractivity contribution < 1.29 is 4.58 Å². The molecule has 0 N–H and O–H groups in total. The maximum absolute atomic E-state index is 6.65. The van der Waals surface area contributed by atoms with Gasteiger partial charge in [-0.15, -0.1) is 0 Å². The Morgan fingerprint density at radius 3 is 2.55 bits per heavy atom. The largest absolute Gasteiger partial charge is 0.242 e. The van der Waals surface area contributed by atoms with Crippen LogP contribution in [0.3, 0.4) is 0 Å². The lowest BCUT2D eigenvalue weighted by Crippen LogP contribution is -2.38. The molecule has 4 heteroatoms. The van der Waals surface area contributed by atoms with Gasteiger partial charge in [-0.05, 0) is 18.2 Å². The Morgan fingerprint density at radius 2 is 1.70 bits per heavy atom. The molecule has 0 bridgehead atoms. The molecule has 0 spiro atoms. The van der Waals surface area contributed by atoms with E-state index in [0.717, 1.165) is 28.2 Å². The summed E-state index contributed by atoms with van der Waals surface area (Å²) < 4.78 is 1.00. The highest BCUT2D eigenvalue weighted by atomic mass is 35.5. The van der Waals surface area contributed by atoms with Gasteiger partial charge in [-0.25, -0.2) is 4.99 Å². The number of para-hydroxylation sites is 2. The number of halogens is 2. The molecule has 0 saturated carbocycles. The molecule has 2 nitrogen and oxygen atoms in total.